The minimum absolute atomic E-state index is 0.176. The van der Waals surface area contributed by atoms with E-state index in [1.807, 2.05) is 31.2 Å². The van der Waals surface area contributed by atoms with Gasteiger partial charge in [0.05, 0.1) is 6.61 Å². The van der Waals surface area contributed by atoms with Crippen molar-refractivity contribution in [1.82, 2.24) is 10.6 Å². The topological polar surface area (TPSA) is 62.4 Å². The number of halogens is 3. The van der Waals surface area contributed by atoms with Crippen molar-refractivity contribution in [1.29, 1.82) is 0 Å². The lowest BCUT2D eigenvalue weighted by Gasteiger charge is -2.27. The first-order chi connectivity index (χ1) is 16.8. The van der Waals surface area contributed by atoms with Crippen LogP contribution in [0.15, 0.2) is 24.3 Å². The minimum atomic E-state index is -1.77. The number of hydrogen-bond donors (Lipinski definition) is 3. The second-order valence-electron chi connectivity index (χ2n) is 8.74. The first-order valence-electron chi connectivity index (χ1n) is 12.9. The predicted octanol–water partition coefficient (Wildman–Crippen LogP) is 8.28. The van der Waals surface area contributed by atoms with Crippen LogP contribution in [0.1, 0.15) is 97.3 Å². The van der Waals surface area contributed by atoms with Gasteiger partial charge in [-0.15, -0.1) is 0 Å². The summed E-state index contributed by atoms with van der Waals surface area (Å²) in [7, 11) is 0. The lowest BCUT2D eigenvalue weighted by Crippen LogP contribution is -2.56. The summed E-state index contributed by atoms with van der Waals surface area (Å²) in [6.07, 6.45) is 14.3. The molecule has 0 aliphatic carbocycles. The maximum absolute atomic E-state index is 12.4. The highest BCUT2D eigenvalue weighted by Crippen LogP contribution is 2.29. The smallest absolute Gasteiger partial charge is 0.228 e. The molecule has 0 saturated heterocycles. The molecule has 0 unspecified atom stereocenters. The van der Waals surface area contributed by atoms with Crippen molar-refractivity contribution in [2.75, 3.05) is 11.9 Å². The molecular weight excluding hydrogens is 525 g/mol. The van der Waals surface area contributed by atoms with Gasteiger partial charge in [-0.1, -0.05) is 112 Å². The largest absolute Gasteiger partial charge is 0.494 e. The maximum atomic E-state index is 12.4. The van der Waals surface area contributed by atoms with E-state index in [-0.39, 0.29) is 11.0 Å². The highest BCUT2D eigenvalue weighted by atomic mass is 35.6. The zero-order valence-electron chi connectivity index (χ0n) is 21.1. The number of nitrogens with one attached hydrogen (secondary N) is 3. The number of unbranched alkanes of at least 4 members (excludes halogenated alkanes) is 11. The quantitative estimate of drug-likeness (QED) is 0.0722. The number of amides is 1. The average molecular weight is 567 g/mol. The maximum Gasteiger partial charge on any atom is 0.228 e. The zero-order valence-corrected chi connectivity index (χ0v) is 24.2. The first-order valence-corrected chi connectivity index (χ1v) is 14.5. The molecule has 9 heteroatoms. The van der Waals surface area contributed by atoms with Crippen LogP contribution < -0.4 is 20.7 Å². The monoisotopic (exact) mass is 565 g/mol. The molecule has 0 fully saturated rings. The summed E-state index contributed by atoms with van der Waals surface area (Å²) >= 11 is 23.6. The normalized spacial score (nSPS) is 12.1. The summed E-state index contributed by atoms with van der Waals surface area (Å²) in [6, 6.07) is 7.32. The fourth-order valence-electron chi connectivity index (χ4n) is 3.66. The highest BCUT2D eigenvalue weighted by Gasteiger charge is 2.34. The third-order valence-electron chi connectivity index (χ3n) is 5.59. The van der Waals surface area contributed by atoms with Gasteiger partial charge in [0.25, 0.3) is 0 Å². The van der Waals surface area contributed by atoms with Crippen LogP contribution in [0.2, 0.25) is 0 Å². The van der Waals surface area contributed by atoms with E-state index in [9.17, 15) is 4.79 Å². The summed E-state index contributed by atoms with van der Waals surface area (Å²) in [5, 5.41) is 8.88. The third kappa shape index (κ3) is 16.4. The average Bonchev–Trinajstić information content (AvgIpc) is 2.80. The SMILES string of the molecule is CCCCCCCCCCCCCCC(=O)N[C@H](NC(=S)Nc1ccc(OCC)cc1)C(Cl)(Cl)Cl. The van der Waals surface area contributed by atoms with Gasteiger partial charge >= 0.3 is 0 Å². The Morgan fingerprint density at radius 3 is 1.86 bits per heavy atom. The summed E-state index contributed by atoms with van der Waals surface area (Å²) in [5.74, 6) is 0.589. The van der Waals surface area contributed by atoms with Gasteiger partial charge in [0.2, 0.25) is 9.70 Å². The van der Waals surface area contributed by atoms with Crippen LogP contribution in [0, 0.1) is 0 Å². The number of ether oxygens (including phenoxy) is 1. The van der Waals surface area contributed by atoms with Gasteiger partial charge in [0.1, 0.15) is 11.9 Å². The molecule has 35 heavy (non-hydrogen) atoms. The summed E-state index contributed by atoms with van der Waals surface area (Å²) in [6.45, 7) is 4.77. The number of anilines is 1. The fourth-order valence-corrected chi connectivity index (χ4v) is 4.22. The van der Waals surface area contributed by atoms with Crippen LogP contribution in [0.25, 0.3) is 0 Å². The van der Waals surface area contributed by atoms with Crippen molar-refractivity contribution in [3.05, 3.63) is 24.3 Å². The molecule has 0 aliphatic heterocycles. The Morgan fingerprint density at radius 2 is 1.37 bits per heavy atom. The Balaban J connectivity index is 2.25. The molecule has 1 amide bonds. The molecule has 5 nitrogen and oxygen atoms in total. The van der Waals surface area contributed by atoms with Gasteiger partial charge in [0.15, 0.2) is 5.11 Å². The second kappa shape index (κ2) is 19.2. The molecular formula is C26H42Cl3N3O2S. The molecule has 0 radical (unpaired) electrons. The van der Waals surface area contributed by atoms with Crippen LogP contribution >= 0.6 is 47.0 Å². The van der Waals surface area contributed by atoms with Crippen molar-refractivity contribution in [2.24, 2.45) is 0 Å². The van der Waals surface area contributed by atoms with Crippen molar-refractivity contribution in [2.45, 2.75) is 107 Å². The van der Waals surface area contributed by atoms with Gasteiger partial charge in [-0.05, 0) is 49.8 Å². The highest BCUT2D eigenvalue weighted by molar-refractivity contribution is 7.80. The first kappa shape index (κ1) is 32.1. The molecule has 1 aromatic rings. The number of rotatable bonds is 18. The van der Waals surface area contributed by atoms with Gasteiger partial charge in [-0.2, -0.15) is 0 Å². The number of thiocarbonyl (C=S) groups is 1. The standard InChI is InChI=1S/C26H42Cl3N3O2S/c1-3-5-6-7-8-9-10-11-12-13-14-15-16-23(33)31-24(26(27,28)29)32-25(35)30-21-17-19-22(20-18-21)34-4-2/h17-20,24H,3-16H2,1-2H3,(H,31,33)(H2,30,32,35)/t24-/m1/s1. The molecule has 0 bridgehead atoms. The van der Waals surface area contributed by atoms with Crippen LogP contribution in [-0.4, -0.2) is 27.6 Å². The molecule has 1 aromatic carbocycles. The molecule has 0 spiro atoms. The van der Waals surface area contributed by atoms with Crippen LogP contribution in [0.4, 0.5) is 5.69 Å². The summed E-state index contributed by atoms with van der Waals surface area (Å²) in [4.78, 5) is 12.4. The van der Waals surface area contributed by atoms with Crippen LogP contribution in [0.5, 0.6) is 5.75 Å². The number of carbonyl (C=O) groups excluding carboxylic acids is 1. The Kier molecular flexibility index (Phi) is 17.6. The van der Waals surface area contributed by atoms with E-state index in [4.69, 9.17) is 51.8 Å². The van der Waals surface area contributed by atoms with Gasteiger partial charge in [-0.3, -0.25) is 4.79 Å². The van der Waals surface area contributed by atoms with Gasteiger partial charge in [0, 0.05) is 12.1 Å². The van der Waals surface area contributed by atoms with Crippen molar-refractivity contribution >= 4 is 63.7 Å². The third-order valence-corrected chi connectivity index (χ3v) is 6.46. The Bertz CT molecular complexity index is 715. The Hall–Kier alpha value is -0.950. The molecule has 0 aromatic heterocycles. The lowest BCUT2D eigenvalue weighted by molar-refractivity contribution is -0.122. The van der Waals surface area contributed by atoms with Crippen molar-refractivity contribution in [3.63, 3.8) is 0 Å². The van der Waals surface area contributed by atoms with Crippen molar-refractivity contribution in [3.8, 4) is 5.75 Å². The fraction of sp³-hybridized carbons (Fsp3) is 0.692. The molecule has 0 saturated carbocycles. The van der Waals surface area contributed by atoms with E-state index in [1.165, 1.54) is 57.8 Å². The number of benzene rings is 1. The molecule has 0 heterocycles. The zero-order chi connectivity index (χ0) is 25.9. The summed E-state index contributed by atoms with van der Waals surface area (Å²) in [5.41, 5.74) is 0.747. The Labute approximate surface area is 232 Å². The number of hydrogen-bond acceptors (Lipinski definition) is 3. The van der Waals surface area contributed by atoms with Crippen LogP contribution in [0.3, 0.4) is 0 Å². The van der Waals surface area contributed by atoms with Gasteiger partial charge in [-0.25, -0.2) is 0 Å². The van der Waals surface area contributed by atoms with Gasteiger partial charge < -0.3 is 20.7 Å². The van der Waals surface area contributed by atoms with E-state index in [0.29, 0.717) is 13.0 Å². The molecule has 200 valence electrons. The predicted molar refractivity (Wildman–Crippen MR) is 155 cm³/mol. The Morgan fingerprint density at radius 1 is 0.857 bits per heavy atom. The van der Waals surface area contributed by atoms with E-state index < -0.39 is 9.96 Å². The number of carbonyl (C=O) groups is 1. The molecule has 1 atom stereocenters. The number of alkyl halides is 3. The van der Waals surface area contributed by atoms with Crippen LogP contribution in [-0.2, 0) is 4.79 Å². The lowest BCUT2D eigenvalue weighted by atomic mass is 10.0. The van der Waals surface area contributed by atoms with E-state index >= 15 is 0 Å². The van der Waals surface area contributed by atoms with E-state index in [0.717, 1.165) is 30.7 Å². The second-order valence-corrected chi connectivity index (χ2v) is 11.5. The molecule has 3 N–H and O–H groups in total. The molecule has 0 aliphatic rings. The van der Waals surface area contributed by atoms with E-state index in [2.05, 4.69) is 22.9 Å². The van der Waals surface area contributed by atoms with Crippen molar-refractivity contribution < 1.29 is 9.53 Å². The summed E-state index contributed by atoms with van der Waals surface area (Å²) < 4.78 is 3.66. The minimum Gasteiger partial charge on any atom is -0.494 e. The molecule has 1 rings (SSSR count). The van der Waals surface area contributed by atoms with E-state index in [1.54, 1.807) is 0 Å².